The highest BCUT2D eigenvalue weighted by molar-refractivity contribution is 4.50. The van der Waals surface area contributed by atoms with Crippen LogP contribution in [0.15, 0.2) is 0 Å². The van der Waals surface area contributed by atoms with Gasteiger partial charge < -0.3 is 16.2 Å². The summed E-state index contributed by atoms with van der Waals surface area (Å²) in [6.07, 6.45) is 14.1. The molecule has 0 aliphatic heterocycles. The summed E-state index contributed by atoms with van der Waals surface area (Å²) in [7, 11) is 0. The van der Waals surface area contributed by atoms with Crippen molar-refractivity contribution in [2.45, 2.75) is 83.8 Å². The Balaban J connectivity index is 2.98. The summed E-state index contributed by atoms with van der Waals surface area (Å²) in [5.74, 6) is 0. The normalized spacial score (nSPS) is 12.8. The molecule has 110 valence electrons. The molecule has 3 nitrogen and oxygen atoms in total. The van der Waals surface area contributed by atoms with Crippen LogP contribution in [0.5, 0.6) is 0 Å². The third-order valence-corrected chi connectivity index (χ3v) is 3.28. The lowest BCUT2D eigenvalue weighted by Crippen LogP contribution is -2.27. The molecule has 3 heteroatoms. The van der Waals surface area contributed by atoms with Gasteiger partial charge >= 0.3 is 0 Å². The molecule has 1 atom stereocenters. The van der Waals surface area contributed by atoms with Crippen LogP contribution >= 0.6 is 0 Å². The SMILES string of the molecule is CCCCCCCCCCCCOC(N)CCN. The molecule has 0 amide bonds. The van der Waals surface area contributed by atoms with Crippen molar-refractivity contribution < 1.29 is 4.74 Å². The molecule has 0 radical (unpaired) electrons. The molecule has 0 aromatic carbocycles. The van der Waals surface area contributed by atoms with E-state index in [-0.39, 0.29) is 6.23 Å². The highest BCUT2D eigenvalue weighted by atomic mass is 16.5. The van der Waals surface area contributed by atoms with Crippen molar-refractivity contribution in [2.24, 2.45) is 11.5 Å². The molecule has 0 aliphatic rings. The monoisotopic (exact) mass is 258 g/mol. The average molecular weight is 258 g/mol. The molecular weight excluding hydrogens is 224 g/mol. The van der Waals surface area contributed by atoms with Crippen LogP contribution in [0.4, 0.5) is 0 Å². The molecule has 18 heavy (non-hydrogen) atoms. The Morgan fingerprint density at radius 3 is 1.83 bits per heavy atom. The lowest BCUT2D eigenvalue weighted by atomic mass is 10.1. The summed E-state index contributed by atoms with van der Waals surface area (Å²) in [6, 6.07) is 0. The van der Waals surface area contributed by atoms with Crippen LogP contribution in [0.1, 0.15) is 77.6 Å². The maximum absolute atomic E-state index is 5.70. The second-order valence-corrected chi connectivity index (χ2v) is 5.17. The summed E-state index contributed by atoms with van der Waals surface area (Å²) in [6.45, 7) is 3.67. The standard InChI is InChI=1S/C15H34N2O/c1-2-3-4-5-6-7-8-9-10-11-14-18-15(17)12-13-16/h15H,2-14,16-17H2,1H3. The van der Waals surface area contributed by atoms with Crippen LogP contribution < -0.4 is 11.5 Å². The second-order valence-electron chi connectivity index (χ2n) is 5.17. The minimum atomic E-state index is -0.159. The first-order chi connectivity index (χ1) is 8.81. The summed E-state index contributed by atoms with van der Waals surface area (Å²) in [5.41, 5.74) is 11.1. The van der Waals surface area contributed by atoms with E-state index in [0.29, 0.717) is 6.54 Å². The number of hydrogen-bond acceptors (Lipinski definition) is 3. The first-order valence-corrected chi connectivity index (χ1v) is 7.88. The lowest BCUT2D eigenvalue weighted by Gasteiger charge is -2.11. The van der Waals surface area contributed by atoms with Crippen molar-refractivity contribution in [2.75, 3.05) is 13.2 Å². The maximum atomic E-state index is 5.70. The van der Waals surface area contributed by atoms with Crippen molar-refractivity contribution in [3.05, 3.63) is 0 Å². The van der Waals surface area contributed by atoms with Gasteiger partial charge in [0.05, 0.1) is 0 Å². The highest BCUT2D eigenvalue weighted by Gasteiger charge is 1.99. The summed E-state index contributed by atoms with van der Waals surface area (Å²) < 4.78 is 5.45. The van der Waals surface area contributed by atoms with E-state index in [1.807, 2.05) is 0 Å². The number of hydrogen-bond donors (Lipinski definition) is 2. The predicted octanol–water partition coefficient (Wildman–Crippen LogP) is 3.56. The van der Waals surface area contributed by atoms with Gasteiger partial charge in [0.2, 0.25) is 0 Å². The highest BCUT2D eigenvalue weighted by Crippen LogP contribution is 2.10. The average Bonchev–Trinajstić information content (AvgIpc) is 2.36. The lowest BCUT2D eigenvalue weighted by molar-refractivity contribution is 0.0509. The Morgan fingerprint density at radius 2 is 1.33 bits per heavy atom. The van der Waals surface area contributed by atoms with E-state index in [4.69, 9.17) is 16.2 Å². The molecule has 4 N–H and O–H groups in total. The molecule has 0 aliphatic carbocycles. The number of rotatable bonds is 14. The number of nitrogens with two attached hydrogens (primary N) is 2. The Morgan fingerprint density at radius 1 is 0.833 bits per heavy atom. The smallest absolute Gasteiger partial charge is 0.106 e. The summed E-state index contributed by atoms with van der Waals surface area (Å²) >= 11 is 0. The third kappa shape index (κ3) is 13.9. The van der Waals surface area contributed by atoms with Crippen molar-refractivity contribution in [3.63, 3.8) is 0 Å². The minimum absolute atomic E-state index is 0.159. The van der Waals surface area contributed by atoms with Gasteiger partial charge in [-0.15, -0.1) is 0 Å². The molecule has 0 saturated carbocycles. The first-order valence-electron chi connectivity index (χ1n) is 7.88. The van der Waals surface area contributed by atoms with Gasteiger partial charge in [-0.1, -0.05) is 64.7 Å². The number of ether oxygens (including phenoxy) is 1. The van der Waals surface area contributed by atoms with E-state index in [9.17, 15) is 0 Å². The van der Waals surface area contributed by atoms with Gasteiger partial charge in [0.25, 0.3) is 0 Å². The van der Waals surface area contributed by atoms with Crippen LogP contribution in [0.3, 0.4) is 0 Å². The van der Waals surface area contributed by atoms with Gasteiger partial charge in [-0.2, -0.15) is 0 Å². The predicted molar refractivity (Wildman–Crippen MR) is 79.4 cm³/mol. The van der Waals surface area contributed by atoms with Gasteiger partial charge in [-0.25, -0.2) is 0 Å². The van der Waals surface area contributed by atoms with Gasteiger partial charge in [0.1, 0.15) is 6.23 Å². The van der Waals surface area contributed by atoms with E-state index < -0.39 is 0 Å². The van der Waals surface area contributed by atoms with E-state index >= 15 is 0 Å². The topological polar surface area (TPSA) is 61.3 Å². The van der Waals surface area contributed by atoms with Crippen LogP contribution in [-0.2, 0) is 4.74 Å². The van der Waals surface area contributed by atoms with Crippen molar-refractivity contribution in [1.82, 2.24) is 0 Å². The van der Waals surface area contributed by atoms with E-state index in [2.05, 4.69) is 6.92 Å². The quantitative estimate of drug-likeness (QED) is 0.370. The molecule has 0 spiro atoms. The first kappa shape index (κ1) is 17.9. The Bertz CT molecular complexity index is 153. The van der Waals surface area contributed by atoms with Crippen LogP contribution in [0.2, 0.25) is 0 Å². The van der Waals surface area contributed by atoms with Gasteiger partial charge in [-0.05, 0) is 19.4 Å². The van der Waals surface area contributed by atoms with Crippen molar-refractivity contribution in [1.29, 1.82) is 0 Å². The Labute approximate surface area is 114 Å². The molecule has 0 aromatic rings. The zero-order valence-electron chi connectivity index (χ0n) is 12.3. The van der Waals surface area contributed by atoms with Crippen LogP contribution in [0, 0.1) is 0 Å². The van der Waals surface area contributed by atoms with Gasteiger partial charge in [-0.3, -0.25) is 0 Å². The molecule has 0 fully saturated rings. The zero-order chi connectivity index (χ0) is 13.5. The second kappa shape index (κ2) is 14.9. The summed E-state index contributed by atoms with van der Waals surface area (Å²) in [4.78, 5) is 0. The molecular formula is C15H34N2O. The molecule has 0 rings (SSSR count). The Hall–Kier alpha value is -0.120. The van der Waals surface area contributed by atoms with Crippen LogP contribution in [0.25, 0.3) is 0 Å². The minimum Gasteiger partial charge on any atom is -0.364 e. The van der Waals surface area contributed by atoms with E-state index in [0.717, 1.165) is 19.4 Å². The molecule has 0 saturated heterocycles. The van der Waals surface area contributed by atoms with Crippen molar-refractivity contribution >= 4 is 0 Å². The van der Waals surface area contributed by atoms with Gasteiger partial charge in [0, 0.05) is 6.61 Å². The fourth-order valence-corrected chi connectivity index (χ4v) is 2.07. The van der Waals surface area contributed by atoms with Crippen LogP contribution in [-0.4, -0.2) is 19.4 Å². The maximum Gasteiger partial charge on any atom is 0.106 e. The summed E-state index contributed by atoms with van der Waals surface area (Å²) in [5, 5.41) is 0. The fraction of sp³-hybridized carbons (Fsp3) is 1.00. The largest absolute Gasteiger partial charge is 0.364 e. The van der Waals surface area contributed by atoms with Crippen molar-refractivity contribution in [3.8, 4) is 0 Å². The molecule has 1 unspecified atom stereocenters. The van der Waals surface area contributed by atoms with Gasteiger partial charge in [0.15, 0.2) is 0 Å². The fourth-order valence-electron chi connectivity index (χ4n) is 2.07. The van der Waals surface area contributed by atoms with E-state index in [1.165, 1.54) is 57.8 Å². The molecule has 0 bridgehead atoms. The number of unbranched alkanes of at least 4 members (excludes halogenated alkanes) is 9. The Kier molecular flexibility index (Phi) is 14.8. The third-order valence-electron chi connectivity index (χ3n) is 3.28. The van der Waals surface area contributed by atoms with E-state index in [1.54, 1.807) is 0 Å². The molecule has 0 aromatic heterocycles. The molecule has 0 heterocycles. The zero-order valence-corrected chi connectivity index (χ0v) is 12.3.